The van der Waals surface area contributed by atoms with E-state index in [4.69, 9.17) is 5.73 Å². The lowest BCUT2D eigenvalue weighted by molar-refractivity contribution is 0.0755. The predicted molar refractivity (Wildman–Crippen MR) is 84.5 cm³/mol. The van der Waals surface area contributed by atoms with Crippen LogP contribution in [0, 0.1) is 6.92 Å². The lowest BCUT2D eigenvalue weighted by atomic mass is 9.87. The molecule has 1 aromatic heterocycles. The summed E-state index contributed by atoms with van der Waals surface area (Å²) >= 11 is 0. The van der Waals surface area contributed by atoms with Crippen molar-refractivity contribution in [3.05, 3.63) is 29.6 Å². The molecule has 0 aromatic carbocycles. The zero-order valence-corrected chi connectivity index (χ0v) is 13.1. The Hall–Kier alpha value is -0.930. The van der Waals surface area contributed by atoms with Crippen LogP contribution < -0.4 is 5.73 Å². The number of nitrogens with two attached hydrogens (primary N) is 1. The van der Waals surface area contributed by atoms with Gasteiger partial charge in [0.25, 0.3) is 0 Å². The fourth-order valence-electron chi connectivity index (χ4n) is 3.58. The molecule has 1 aliphatic carbocycles. The Morgan fingerprint density at radius 1 is 1.20 bits per heavy atom. The Kier molecular flexibility index (Phi) is 5.55. The van der Waals surface area contributed by atoms with Gasteiger partial charge in [-0.2, -0.15) is 0 Å². The van der Waals surface area contributed by atoms with Gasteiger partial charge in [-0.05, 0) is 37.4 Å². The number of nitrogens with zero attached hydrogens (tertiary/aromatic N) is 2. The first-order valence-electron chi connectivity index (χ1n) is 8.06. The fraction of sp³-hybridized carbons (Fsp3) is 0.706. The van der Waals surface area contributed by atoms with E-state index >= 15 is 0 Å². The van der Waals surface area contributed by atoms with Crippen molar-refractivity contribution in [3.63, 3.8) is 0 Å². The van der Waals surface area contributed by atoms with E-state index in [-0.39, 0.29) is 5.54 Å². The topological polar surface area (TPSA) is 42.2 Å². The maximum absolute atomic E-state index is 6.21. The lowest BCUT2D eigenvalue weighted by Gasteiger charge is -2.43. The third-order valence-corrected chi connectivity index (χ3v) is 4.77. The van der Waals surface area contributed by atoms with Gasteiger partial charge in [0.05, 0.1) is 0 Å². The van der Waals surface area contributed by atoms with Crippen LogP contribution in [-0.4, -0.2) is 28.5 Å². The second kappa shape index (κ2) is 7.19. The van der Waals surface area contributed by atoms with Gasteiger partial charge in [-0.25, -0.2) is 0 Å². The molecule has 1 heterocycles. The maximum Gasteiger partial charge on any atom is 0.0335 e. The van der Waals surface area contributed by atoms with Gasteiger partial charge in [0.15, 0.2) is 0 Å². The van der Waals surface area contributed by atoms with Gasteiger partial charge in [-0.15, -0.1) is 0 Å². The molecule has 0 bridgehead atoms. The molecule has 1 aliphatic rings. The van der Waals surface area contributed by atoms with Crippen LogP contribution in [0.15, 0.2) is 18.5 Å². The van der Waals surface area contributed by atoms with Crippen molar-refractivity contribution in [1.29, 1.82) is 0 Å². The second-order valence-electron chi connectivity index (χ2n) is 6.23. The minimum Gasteiger partial charge on any atom is -0.329 e. The third kappa shape index (κ3) is 3.58. The molecule has 0 unspecified atom stereocenters. The summed E-state index contributed by atoms with van der Waals surface area (Å²) in [6, 6.07) is 2.25. The molecule has 0 radical (unpaired) electrons. The zero-order valence-electron chi connectivity index (χ0n) is 13.1. The summed E-state index contributed by atoms with van der Waals surface area (Å²) in [5.74, 6) is 0. The predicted octanol–water partition coefficient (Wildman–Crippen LogP) is 3.26. The lowest BCUT2D eigenvalue weighted by Crippen LogP contribution is -2.53. The first-order valence-corrected chi connectivity index (χ1v) is 8.06. The Morgan fingerprint density at radius 3 is 2.45 bits per heavy atom. The van der Waals surface area contributed by atoms with Gasteiger partial charge >= 0.3 is 0 Å². The highest BCUT2D eigenvalue weighted by atomic mass is 15.2. The smallest absolute Gasteiger partial charge is 0.0335 e. The minimum atomic E-state index is 0.203. The largest absolute Gasteiger partial charge is 0.329 e. The Labute approximate surface area is 123 Å². The second-order valence-corrected chi connectivity index (χ2v) is 6.23. The van der Waals surface area contributed by atoms with Gasteiger partial charge in [-0.1, -0.05) is 38.7 Å². The molecule has 20 heavy (non-hydrogen) atoms. The van der Waals surface area contributed by atoms with Gasteiger partial charge in [0, 0.05) is 31.0 Å². The van der Waals surface area contributed by atoms with Crippen LogP contribution in [0.25, 0.3) is 0 Å². The number of rotatable bonds is 5. The molecule has 2 rings (SSSR count). The van der Waals surface area contributed by atoms with E-state index in [1.807, 2.05) is 12.4 Å². The van der Waals surface area contributed by atoms with E-state index in [9.17, 15) is 0 Å². The molecule has 1 aromatic rings. The number of aryl methyl sites for hydroxylation is 1. The quantitative estimate of drug-likeness (QED) is 0.839. The number of aromatic nitrogens is 1. The molecule has 2 N–H and O–H groups in total. The number of likely N-dealkylation sites (N-methyl/N-ethyl adjacent to an activating group) is 1. The van der Waals surface area contributed by atoms with Crippen molar-refractivity contribution in [1.82, 2.24) is 9.88 Å². The van der Waals surface area contributed by atoms with Crippen LogP contribution in [0.2, 0.25) is 0 Å². The van der Waals surface area contributed by atoms with Crippen molar-refractivity contribution < 1.29 is 0 Å². The van der Waals surface area contributed by atoms with Crippen molar-refractivity contribution in [2.75, 3.05) is 13.1 Å². The monoisotopic (exact) mass is 275 g/mol. The molecule has 1 saturated carbocycles. The summed E-state index contributed by atoms with van der Waals surface area (Å²) in [5, 5.41) is 0. The number of pyridine rings is 1. The van der Waals surface area contributed by atoms with Crippen LogP contribution in [0.3, 0.4) is 0 Å². The Morgan fingerprint density at radius 2 is 1.90 bits per heavy atom. The van der Waals surface area contributed by atoms with Crippen molar-refractivity contribution in [2.24, 2.45) is 5.73 Å². The maximum atomic E-state index is 6.21. The Bertz CT molecular complexity index is 408. The van der Waals surface area contributed by atoms with Gasteiger partial charge in [0.2, 0.25) is 0 Å². The first kappa shape index (κ1) is 15.5. The average molecular weight is 275 g/mol. The van der Waals surface area contributed by atoms with E-state index in [1.165, 1.54) is 49.7 Å². The highest BCUT2D eigenvalue weighted by molar-refractivity contribution is 5.17. The summed E-state index contributed by atoms with van der Waals surface area (Å²) in [4.78, 5) is 6.92. The number of hydrogen-bond acceptors (Lipinski definition) is 3. The molecule has 112 valence electrons. The third-order valence-electron chi connectivity index (χ3n) is 4.77. The van der Waals surface area contributed by atoms with Crippen molar-refractivity contribution in [2.45, 2.75) is 64.5 Å². The van der Waals surface area contributed by atoms with E-state index < -0.39 is 0 Å². The molecule has 1 fully saturated rings. The van der Waals surface area contributed by atoms with Crippen LogP contribution in [0.1, 0.15) is 56.6 Å². The molecule has 3 nitrogen and oxygen atoms in total. The average Bonchev–Trinajstić information content (AvgIpc) is 2.71. The summed E-state index contributed by atoms with van der Waals surface area (Å²) in [7, 11) is 0. The van der Waals surface area contributed by atoms with Crippen molar-refractivity contribution in [3.8, 4) is 0 Å². The van der Waals surface area contributed by atoms with Gasteiger partial charge < -0.3 is 5.73 Å². The standard InChI is InChI=1S/C17H29N3/c1-3-20(13-16-10-15(2)11-19-12-16)17(14-18)8-6-4-5-7-9-17/h10-12H,3-9,13-14,18H2,1-2H3. The van der Waals surface area contributed by atoms with Gasteiger partial charge in [-0.3, -0.25) is 9.88 Å². The molecular formula is C17H29N3. The van der Waals surface area contributed by atoms with E-state index in [0.29, 0.717) is 0 Å². The summed E-state index contributed by atoms with van der Waals surface area (Å²) < 4.78 is 0. The van der Waals surface area contributed by atoms with Crippen molar-refractivity contribution >= 4 is 0 Å². The highest BCUT2D eigenvalue weighted by Crippen LogP contribution is 2.32. The first-order chi connectivity index (χ1) is 9.70. The zero-order chi connectivity index (χ0) is 14.4. The van der Waals surface area contributed by atoms with Gasteiger partial charge in [0.1, 0.15) is 0 Å². The van der Waals surface area contributed by atoms with E-state index in [2.05, 4.69) is 29.8 Å². The molecule has 3 heteroatoms. The molecule has 0 amide bonds. The number of hydrogen-bond donors (Lipinski definition) is 1. The molecule has 0 aliphatic heterocycles. The van der Waals surface area contributed by atoms with E-state index in [1.54, 1.807) is 0 Å². The minimum absolute atomic E-state index is 0.203. The van der Waals surface area contributed by atoms with Crippen LogP contribution in [0.4, 0.5) is 0 Å². The highest BCUT2D eigenvalue weighted by Gasteiger charge is 2.34. The SMILES string of the molecule is CCN(Cc1cncc(C)c1)C1(CN)CCCCCC1. The summed E-state index contributed by atoms with van der Waals surface area (Å²) in [5.41, 5.74) is 8.96. The molecular weight excluding hydrogens is 246 g/mol. The summed E-state index contributed by atoms with van der Waals surface area (Å²) in [6.07, 6.45) is 11.8. The normalized spacial score (nSPS) is 19.0. The summed E-state index contributed by atoms with van der Waals surface area (Å²) in [6.45, 7) is 7.18. The molecule has 0 saturated heterocycles. The fourth-order valence-corrected chi connectivity index (χ4v) is 3.58. The molecule has 0 spiro atoms. The van der Waals surface area contributed by atoms with Crippen LogP contribution in [0.5, 0.6) is 0 Å². The van der Waals surface area contributed by atoms with Crippen LogP contribution >= 0.6 is 0 Å². The van der Waals surface area contributed by atoms with Crippen LogP contribution in [-0.2, 0) is 6.54 Å². The molecule has 0 atom stereocenters. The Balaban J connectivity index is 2.16. The van der Waals surface area contributed by atoms with E-state index in [0.717, 1.165) is 19.6 Å².